The minimum absolute atomic E-state index is 0.0128. The molecule has 0 saturated heterocycles. The van der Waals surface area contributed by atoms with Crippen LogP contribution < -0.4 is 5.32 Å². The maximum atomic E-state index is 11.9. The van der Waals surface area contributed by atoms with Crippen molar-refractivity contribution in [2.45, 2.75) is 31.7 Å². The Labute approximate surface area is 123 Å². The van der Waals surface area contributed by atoms with Gasteiger partial charge in [-0.25, -0.2) is 0 Å². The van der Waals surface area contributed by atoms with Gasteiger partial charge in [-0.3, -0.25) is 4.79 Å². The molecule has 3 nitrogen and oxygen atoms in total. The molecule has 0 bridgehead atoms. The van der Waals surface area contributed by atoms with Crippen molar-refractivity contribution in [3.8, 4) is 0 Å². The second-order valence-electron chi connectivity index (χ2n) is 4.86. The number of carbonyl (C=O) groups is 1. The van der Waals surface area contributed by atoms with E-state index < -0.39 is 0 Å². The minimum Gasteiger partial charge on any atom is -0.467 e. The summed E-state index contributed by atoms with van der Waals surface area (Å²) >= 11 is 1.56. The summed E-state index contributed by atoms with van der Waals surface area (Å²) in [4.78, 5) is 13.1. The van der Waals surface area contributed by atoms with Gasteiger partial charge in [0.2, 0.25) is 5.91 Å². The average Bonchev–Trinajstić information content (AvgIpc) is 2.91. The smallest absolute Gasteiger partial charge is 0.230 e. The Hall–Kier alpha value is -1.68. The van der Waals surface area contributed by atoms with Crippen LogP contribution in [0.25, 0.3) is 0 Å². The average molecular weight is 289 g/mol. The van der Waals surface area contributed by atoms with E-state index in [1.165, 1.54) is 11.1 Å². The second-order valence-corrected chi connectivity index (χ2v) is 5.88. The van der Waals surface area contributed by atoms with Crippen LogP contribution in [0.1, 0.15) is 29.9 Å². The molecule has 0 fully saturated rings. The summed E-state index contributed by atoms with van der Waals surface area (Å²) < 4.78 is 5.27. The Balaban J connectivity index is 1.86. The molecule has 1 aromatic heterocycles. The maximum Gasteiger partial charge on any atom is 0.230 e. The van der Waals surface area contributed by atoms with Crippen molar-refractivity contribution in [3.05, 3.63) is 53.5 Å². The SMILES string of the molecule is Cc1ccc(SCC(=O)N[C@H](C)c2ccco2)c(C)c1. The van der Waals surface area contributed by atoms with E-state index in [0.717, 1.165) is 10.7 Å². The third kappa shape index (κ3) is 3.90. The largest absolute Gasteiger partial charge is 0.467 e. The lowest BCUT2D eigenvalue weighted by Crippen LogP contribution is -2.27. The maximum absolute atomic E-state index is 11.9. The fourth-order valence-electron chi connectivity index (χ4n) is 2.00. The number of hydrogen-bond donors (Lipinski definition) is 1. The van der Waals surface area contributed by atoms with Crippen molar-refractivity contribution in [1.82, 2.24) is 5.32 Å². The van der Waals surface area contributed by atoms with E-state index in [1.54, 1.807) is 18.0 Å². The van der Waals surface area contributed by atoms with Gasteiger partial charge < -0.3 is 9.73 Å². The van der Waals surface area contributed by atoms with Crippen LogP contribution in [0.3, 0.4) is 0 Å². The molecule has 1 aromatic carbocycles. The van der Waals surface area contributed by atoms with Gasteiger partial charge in [0.1, 0.15) is 5.76 Å². The lowest BCUT2D eigenvalue weighted by molar-refractivity contribution is -0.119. The van der Waals surface area contributed by atoms with Crippen LogP contribution >= 0.6 is 11.8 Å². The van der Waals surface area contributed by atoms with Crippen molar-refractivity contribution in [2.24, 2.45) is 0 Å². The molecular formula is C16H19NO2S. The minimum atomic E-state index is -0.0998. The van der Waals surface area contributed by atoms with Gasteiger partial charge in [-0.1, -0.05) is 17.7 Å². The van der Waals surface area contributed by atoms with Gasteiger partial charge in [-0.15, -0.1) is 11.8 Å². The summed E-state index contributed by atoms with van der Waals surface area (Å²) in [6.45, 7) is 6.05. The fraction of sp³-hybridized carbons (Fsp3) is 0.312. The molecule has 0 aliphatic rings. The number of aryl methyl sites for hydroxylation is 2. The zero-order chi connectivity index (χ0) is 14.5. The molecule has 0 aliphatic heterocycles. The lowest BCUT2D eigenvalue weighted by atomic mass is 10.2. The third-order valence-corrected chi connectivity index (χ3v) is 4.21. The van der Waals surface area contributed by atoms with Crippen LogP contribution in [-0.2, 0) is 4.79 Å². The normalized spacial score (nSPS) is 12.2. The van der Waals surface area contributed by atoms with Gasteiger partial charge in [-0.2, -0.15) is 0 Å². The van der Waals surface area contributed by atoms with Crippen molar-refractivity contribution >= 4 is 17.7 Å². The first-order valence-electron chi connectivity index (χ1n) is 6.59. The topological polar surface area (TPSA) is 42.2 Å². The van der Waals surface area contributed by atoms with E-state index in [0.29, 0.717) is 5.75 Å². The highest BCUT2D eigenvalue weighted by molar-refractivity contribution is 8.00. The number of hydrogen-bond acceptors (Lipinski definition) is 3. The highest BCUT2D eigenvalue weighted by Gasteiger charge is 2.12. The zero-order valence-corrected chi connectivity index (χ0v) is 12.8. The molecule has 0 saturated carbocycles. The summed E-state index contributed by atoms with van der Waals surface area (Å²) in [5, 5.41) is 2.93. The standard InChI is InChI=1S/C16H19NO2S/c1-11-6-7-15(12(2)9-11)20-10-16(18)17-13(3)14-5-4-8-19-14/h4-9,13H,10H2,1-3H3,(H,17,18)/t13-/m1/s1. The summed E-state index contributed by atoms with van der Waals surface area (Å²) in [6.07, 6.45) is 1.61. The van der Waals surface area contributed by atoms with E-state index in [9.17, 15) is 4.79 Å². The van der Waals surface area contributed by atoms with Gasteiger partial charge in [0.25, 0.3) is 0 Å². The highest BCUT2D eigenvalue weighted by Crippen LogP contribution is 2.23. The molecule has 4 heteroatoms. The number of furan rings is 1. The highest BCUT2D eigenvalue weighted by atomic mass is 32.2. The van der Waals surface area contributed by atoms with Crippen molar-refractivity contribution < 1.29 is 9.21 Å². The van der Waals surface area contributed by atoms with E-state index in [4.69, 9.17) is 4.42 Å². The molecule has 20 heavy (non-hydrogen) atoms. The van der Waals surface area contributed by atoms with Crippen LogP contribution in [0.15, 0.2) is 45.9 Å². The molecule has 2 aromatic rings. The number of thioether (sulfide) groups is 1. The van der Waals surface area contributed by atoms with Crippen molar-refractivity contribution in [2.75, 3.05) is 5.75 Å². The van der Waals surface area contributed by atoms with E-state index in [-0.39, 0.29) is 11.9 Å². The monoisotopic (exact) mass is 289 g/mol. The number of nitrogens with one attached hydrogen (secondary N) is 1. The summed E-state index contributed by atoms with van der Waals surface area (Å²) in [6, 6.07) is 9.85. The Bertz CT molecular complexity index is 578. The quantitative estimate of drug-likeness (QED) is 0.850. The number of benzene rings is 1. The van der Waals surface area contributed by atoms with Gasteiger partial charge in [0.05, 0.1) is 18.1 Å². The molecule has 0 radical (unpaired) electrons. The second kappa shape index (κ2) is 6.66. The molecule has 1 heterocycles. The third-order valence-electron chi connectivity index (χ3n) is 3.04. The summed E-state index contributed by atoms with van der Waals surface area (Å²) in [5.74, 6) is 1.20. The van der Waals surface area contributed by atoms with E-state index in [1.807, 2.05) is 19.1 Å². The number of amides is 1. The van der Waals surface area contributed by atoms with E-state index in [2.05, 4.69) is 37.4 Å². The van der Waals surface area contributed by atoms with Crippen LogP contribution in [0, 0.1) is 13.8 Å². The van der Waals surface area contributed by atoms with E-state index >= 15 is 0 Å². The molecule has 1 N–H and O–H groups in total. The van der Waals surface area contributed by atoms with Gasteiger partial charge in [0.15, 0.2) is 0 Å². The predicted molar refractivity (Wildman–Crippen MR) is 81.9 cm³/mol. The molecule has 0 aliphatic carbocycles. The van der Waals surface area contributed by atoms with Crippen LogP contribution in [0.2, 0.25) is 0 Å². The molecule has 106 valence electrons. The van der Waals surface area contributed by atoms with Gasteiger partial charge in [0, 0.05) is 4.90 Å². The lowest BCUT2D eigenvalue weighted by Gasteiger charge is -2.12. The Morgan fingerprint density at radius 2 is 2.15 bits per heavy atom. The molecule has 1 atom stereocenters. The zero-order valence-electron chi connectivity index (χ0n) is 12.0. The van der Waals surface area contributed by atoms with Crippen LogP contribution in [-0.4, -0.2) is 11.7 Å². The van der Waals surface area contributed by atoms with Gasteiger partial charge >= 0.3 is 0 Å². The Kier molecular flexibility index (Phi) is 4.90. The van der Waals surface area contributed by atoms with Crippen molar-refractivity contribution in [1.29, 1.82) is 0 Å². The fourth-order valence-corrected chi connectivity index (χ4v) is 2.82. The molecule has 2 rings (SSSR count). The van der Waals surface area contributed by atoms with Gasteiger partial charge in [-0.05, 0) is 44.5 Å². The Morgan fingerprint density at radius 1 is 1.35 bits per heavy atom. The number of carbonyl (C=O) groups excluding carboxylic acids is 1. The summed E-state index contributed by atoms with van der Waals surface area (Å²) in [5.41, 5.74) is 2.45. The molecule has 1 amide bonds. The van der Waals surface area contributed by atoms with Crippen LogP contribution in [0.5, 0.6) is 0 Å². The molecular weight excluding hydrogens is 270 g/mol. The number of rotatable bonds is 5. The first-order valence-corrected chi connectivity index (χ1v) is 7.57. The Morgan fingerprint density at radius 3 is 2.80 bits per heavy atom. The first-order chi connectivity index (χ1) is 9.56. The first kappa shape index (κ1) is 14.7. The predicted octanol–water partition coefficient (Wildman–Crippen LogP) is 3.87. The van der Waals surface area contributed by atoms with Crippen molar-refractivity contribution in [3.63, 3.8) is 0 Å². The molecule has 0 spiro atoms. The van der Waals surface area contributed by atoms with Crippen LogP contribution in [0.4, 0.5) is 0 Å². The molecule has 0 unspecified atom stereocenters. The summed E-state index contributed by atoms with van der Waals surface area (Å²) in [7, 11) is 0.